The van der Waals surface area contributed by atoms with E-state index < -0.39 is 29.7 Å². The Morgan fingerprint density at radius 1 is 1.15 bits per heavy atom. The summed E-state index contributed by atoms with van der Waals surface area (Å²) < 4.78 is 9.77. The Bertz CT molecular complexity index is 406. The normalized spacial score (nSPS) is 21.9. The number of carbonyl (C=O) groups is 3. The van der Waals surface area contributed by atoms with Gasteiger partial charge in [0.1, 0.15) is 13.2 Å². The van der Waals surface area contributed by atoms with E-state index in [0.717, 1.165) is 12.8 Å². The van der Waals surface area contributed by atoms with Crippen LogP contribution in [0.15, 0.2) is 12.2 Å². The van der Waals surface area contributed by atoms with Crippen molar-refractivity contribution in [1.29, 1.82) is 0 Å². The molecule has 6 heteroatoms. The highest BCUT2D eigenvalue weighted by Crippen LogP contribution is 2.31. The van der Waals surface area contributed by atoms with E-state index >= 15 is 0 Å². The highest BCUT2D eigenvalue weighted by atomic mass is 16.6. The molecule has 20 heavy (non-hydrogen) atoms. The van der Waals surface area contributed by atoms with Gasteiger partial charge in [-0.15, -0.1) is 0 Å². The van der Waals surface area contributed by atoms with Crippen molar-refractivity contribution in [1.82, 2.24) is 0 Å². The molecule has 1 aliphatic carbocycles. The van der Waals surface area contributed by atoms with E-state index in [2.05, 4.69) is 6.58 Å². The van der Waals surface area contributed by atoms with Crippen molar-refractivity contribution in [3.8, 4) is 0 Å². The van der Waals surface area contributed by atoms with Crippen LogP contribution >= 0.6 is 0 Å². The van der Waals surface area contributed by atoms with E-state index in [-0.39, 0.29) is 20.2 Å². The second-order valence-corrected chi connectivity index (χ2v) is 4.92. The Kier molecular flexibility index (Phi) is 6.21. The number of rotatable bonds is 6. The first kappa shape index (κ1) is 16.2. The first-order valence-corrected chi connectivity index (χ1v) is 6.65. The van der Waals surface area contributed by atoms with Gasteiger partial charge in [-0.3, -0.25) is 9.59 Å². The molecule has 0 spiro atoms. The number of hydrogen-bond donors (Lipinski definition) is 1. The molecule has 1 aliphatic rings. The predicted molar refractivity (Wildman–Crippen MR) is 71.9 cm³/mol. The summed E-state index contributed by atoms with van der Waals surface area (Å²) in [5.74, 6) is -3.29. The first-order valence-electron chi connectivity index (χ1n) is 6.65. The molecule has 0 aliphatic heterocycles. The number of carboxylic acids is 1. The third-order valence-electron chi connectivity index (χ3n) is 3.30. The van der Waals surface area contributed by atoms with Crippen molar-refractivity contribution in [3.63, 3.8) is 0 Å². The molecule has 1 fully saturated rings. The monoisotopic (exact) mass is 286 g/mol. The number of carboxylic acid groups (broad SMARTS) is 1. The van der Waals surface area contributed by atoms with E-state index in [1.165, 1.54) is 6.92 Å². The van der Waals surface area contributed by atoms with E-state index in [1.54, 1.807) is 0 Å². The molecular formula is C14H22O6. The van der Waals surface area contributed by atoms with Gasteiger partial charge in [0.25, 0.3) is 0 Å². The summed E-state index contributed by atoms with van der Waals surface area (Å²) in [6.45, 7) is 4.82. The van der Waals surface area contributed by atoms with Crippen molar-refractivity contribution >= 4 is 17.9 Å². The van der Waals surface area contributed by atoms with Crippen LogP contribution in [0.1, 0.15) is 34.0 Å². The van der Waals surface area contributed by atoms with Crippen LogP contribution < -0.4 is 0 Å². The van der Waals surface area contributed by atoms with Gasteiger partial charge >= 0.3 is 17.9 Å². The zero-order chi connectivity index (χ0) is 15.1. The highest BCUT2D eigenvalue weighted by molar-refractivity contribution is 5.87. The number of aliphatic carboxylic acids is 1. The molecule has 0 amide bonds. The largest absolute Gasteiger partial charge is 0.481 e. The lowest BCUT2D eigenvalue weighted by Crippen LogP contribution is -2.34. The van der Waals surface area contributed by atoms with Crippen molar-refractivity contribution in [2.45, 2.75) is 32.6 Å². The van der Waals surface area contributed by atoms with Crippen LogP contribution in [0, 0.1) is 11.8 Å². The Balaban J connectivity index is 0.00000400. The van der Waals surface area contributed by atoms with Gasteiger partial charge in [-0.05, 0) is 19.8 Å². The Labute approximate surface area is 119 Å². The predicted octanol–water partition coefficient (Wildman–Crippen LogP) is 1.79. The smallest absolute Gasteiger partial charge is 0.333 e. The Hall–Kier alpha value is -1.85. The van der Waals surface area contributed by atoms with Crippen LogP contribution in [-0.4, -0.2) is 36.2 Å². The minimum absolute atomic E-state index is 0. The van der Waals surface area contributed by atoms with Gasteiger partial charge in [-0.2, -0.15) is 0 Å². The SMILES string of the molecule is C=C(C)C(=O)OCCOC(=O)C1CCCCC1C(=O)O.[HH]. The van der Waals surface area contributed by atoms with Crippen LogP contribution in [-0.2, 0) is 23.9 Å². The lowest BCUT2D eigenvalue weighted by atomic mass is 9.79. The van der Waals surface area contributed by atoms with Gasteiger partial charge in [0, 0.05) is 7.00 Å². The van der Waals surface area contributed by atoms with E-state index in [9.17, 15) is 14.4 Å². The van der Waals surface area contributed by atoms with Gasteiger partial charge in [0.15, 0.2) is 0 Å². The molecule has 114 valence electrons. The molecule has 1 saturated carbocycles. The molecule has 0 saturated heterocycles. The van der Waals surface area contributed by atoms with Crippen molar-refractivity contribution in [3.05, 3.63) is 12.2 Å². The van der Waals surface area contributed by atoms with Gasteiger partial charge in [-0.25, -0.2) is 4.79 Å². The average Bonchev–Trinajstić information content (AvgIpc) is 2.42. The molecule has 2 unspecified atom stereocenters. The van der Waals surface area contributed by atoms with Crippen molar-refractivity contribution in [2.24, 2.45) is 11.8 Å². The van der Waals surface area contributed by atoms with E-state index in [0.29, 0.717) is 12.8 Å². The Morgan fingerprint density at radius 2 is 1.70 bits per heavy atom. The summed E-state index contributed by atoms with van der Waals surface area (Å²) in [5, 5.41) is 9.08. The molecular weight excluding hydrogens is 264 g/mol. The van der Waals surface area contributed by atoms with E-state index in [4.69, 9.17) is 14.6 Å². The minimum Gasteiger partial charge on any atom is -0.481 e. The van der Waals surface area contributed by atoms with Crippen LogP contribution in [0.4, 0.5) is 0 Å². The second-order valence-electron chi connectivity index (χ2n) is 4.92. The number of ether oxygens (including phenoxy) is 2. The highest BCUT2D eigenvalue weighted by Gasteiger charge is 2.36. The van der Waals surface area contributed by atoms with Crippen LogP contribution in [0.25, 0.3) is 0 Å². The zero-order valence-corrected chi connectivity index (χ0v) is 11.6. The van der Waals surface area contributed by atoms with Gasteiger partial charge < -0.3 is 14.6 Å². The van der Waals surface area contributed by atoms with Crippen molar-refractivity contribution in [2.75, 3.05) is 13.2 Å². The number of esters is 2. The fraction of sp³-hybridized carbons (Fsp3) is 0.643. The third kappa shape index (κ3) is 4.68. The molecule has 2 atom stereocenters. The van der Waals surface area contributed by atoms with Crippen molar-refractivity contribution < 1.29 is 30.4 Å². The summed E-state index contributed by atoms with van der Waals surface area (Å²) in [6, 6.07) is 0. The lowest BCUT2D eigenvalue weighted by molar-refractivity contribution is -0.161. The zero-order valence-electron chi connectivity index (χ0n) is 11.6. The average molecular weight is 286 g/mol. The molecule has 0 aromatic heterocycles. The maximum absolute atomic E-state index is 11.8. The van der Waals surface area contributed by atoms with Crippen LogP contribution in [0.2, 0.25) is 0 Å². The first-order chi connectivity index (χ1) is 9.43. The molecule has 1 N–H and O–H groups in total. The fourth-order valence-electron chi connectivity index (χ4n) is 2.22. The van der Waals surface area contributed by atoms with E-state index in [1.807, 2.05) is 0 Å². The second kappa shape index (κ2) is 7.67. The molecule has 0 aromatic carbocycles. The quantitative estimate of drug-likeness (QED) is 0.455. The molecule has 0 aromatic rings. The molecule has 1 rings (SSSR count). The topological polar surface area (TPSA) is 89.9 Å². The van der Waals surface area contributed by atoms with Crippen LogP contribution in [0.3, 0.4) is 0 Å². The van der Waals surface area contributed by atoms with Gasteiger partial charge in [-0.1, -0.05) is 19.4 Å². The summed E-state index contributed by atoms with van der Waals surface area (Å²) in [5.41, 5.74) is 0.273. The summed E-state index contributed by atoms with van der Waals surface area (Å²) in [7, 11) is 0. The third-order valence-corrected chi connectivity index (χ3v) is 3.30. The molecule has 0 radical (unpaired) electrons. The minimum atomic E-state index is -0.958. The molecule has 0 heterocycles. The fourth-order valence-corrected chi connectivity index (χ4v) is 2.22. The maximum Gasteiger partial charge on any atom is 0.333 e. The molecule has 0 bridgehead atoms. The summed E-state index contributed by atoms with van der Waals surface area (Å²) >= 11 is 0. The lowest BCUT2D eigenvalue weighted by Gasteiger charge is -2.26. The number of carbonyl (C=O) groups excluding carboxylic acids is 2. The number of hydrogen-bond acceptors (Lipinski definition) is 5. The Morgan fingerprint density at radius 3 is 2.25 bits per heavy atom. The molecule has 6 nitrogen and oxygen atoms in total. The van der Waals surface area contributed by atoms with Gasteiger partial charge in [0.2, 0.25) is 0 Å². The van der Waals surface area contributed by atoms with Crippen LogP contribution in [0.5, 0.6) is 0 Å². The maximum atomic E-state index is 11.8. The summed E-state index contributed by atoms with van der Waals surface area (Å²) in [6.07, 6.45) is 2.67. The standard InChI is InChI=1S/C14H20O6.H2/c1-9(2)13(17)19-7-8-20-14(18)11-6-4-3-5-10(11)12(15)16;/h10-11H,1,3-8H2,2H3,(H,15,16);1H. The van der Waals surface area contributed by atoms with Gasteiger partial charge in [0.05, 0.1) is 11.8 Å². The summed E-state index contributed by atoms with van der Waals surface area (Å²) in [4.78, 5) is 34.0.